The second-order valence-corrected chi connectivity index (χ2v) is 12.4. The fourth-order valence-corrected chi connectivity index (χ4v) is 8.05. The van der Waals surface area contributed by atoms with Crippen molar-refractivity contribution in [1.82, 2.24) is 0 Å². The van der Waals surface area contributed by atoms with Gasteiger partial charge in [0, 0.05) is 19.2 Å². The Morgan fingerprint density at radius 2 is 1.10 bits per heavy atom. The summed E-state index contributed by atoms with van der Waals surface area (Å²) in [6, 6.07) is 14.2. The minimum absolute atomic E-state index is 0.610. The molecule has 0 N–H and O–H groups in total. The lowest BCUT2D eigenvalue weighted by Gasteiger charge is -2.16. The molecule has 1 aromatic carbocycles. The van der Waals surface area contributed by atoms with E-state index < -0.39 is 0 Å². The van der Waals surface area contributed by atoms with Crippen LogP contribution in [0.15, 0.2) is 36.4 Å². The molecule has 3 heterocycles. The highest BCUT2D eigenvalue weighted by Crippen LogP contribution is 2.46. The molecule has 0 aliphatic carbocycles. The molecule has 0 saturated carbocycles. The number of fused-ring (bicyclic) bond motifs is 3. The predicted octanol–water partition coefficient (Wildman–Crippen LogP) is 10.1. The summed E-state index contributed by atoms with van der Waals surface area (Å²) in [5.74, 6) is 2.50. The smallest absolute Gasteiger partial charge is 0.0632 e. The van der Waals surface area contributed by atoms with Gasteiger partial charge in [-0.3, -0.25) is 0 Å². The fraction of sp³-hybridized carbons (Fsp3) is 0.462. The highest BCUT2D eigenvalue weighted by Gasteiger charge is 2.18. The zero-order chi connectivity index (χ0) is 20.7. The van der Waals surface area contributed by atoms with Gasteiger partial charge in [-0.15, -0.1) is 34.0 Å². The molecule has 0 spiro atoms. The van der Waals surface area contributed by atoms with Crippen LogP contribution in [0, 0.1) is 0 Å². The first-order valence-electron chi connectivity index (χ1n) is 10.9. The third-order valence-electron chi connectivity index (χ3n) is 6.12. The summed E-state index contributed by atoms with van der Waals surface area (Å²) in [6.45, 7) is 13.9. The van der Waals surface area contributed by atoms with E-state index in [9.17, 15) is 0 Å². The molecule has 2 atom stereocenters. The van der Waals surface area contributed by atoms with Gasteiger partial charge in [-0.1, -0.05) is 65.8 Å². The molecular weight excluding hydrogens is 408 g/mol. The average Bonchev–Trinajstić information content (AvgIpc) is 3.36. The monoisotopic (exact) mass is 440 g/mol. The lowest BCUT2D eigenvalue weighted by molar-refractivity contribution is 0.579. The molecule has 3 heteroatoms. The number of hydrogen-bond donors (Lipinski definition) is 0. The van der Waals surface area contributed by atoms with E-state index in [-0.39, 0.29) is 0 Å². The van der Waals surface area contributed by atoms with Crippen molar-refractivity contribution < 1.29 is 0 Å². The van der Waals surface area contributed by atoms with Gasteiger partial charge in [0.2, 0.25) is 0 Å². The molecule has 3 aromatic heterocycles. The van der Waals surface area contributed by atoms with E-state index in [1.54, 1.807) is 4.88 Å². The summed E-state index contributed by atoms with van der Waals surface area (Å²) in [6.07, 6.45) is 2.51. The molecule has 154 valence electrons. The van der Waals surface area contributed by atoms with Crippen LogP contribution in [0.25, 0.3) is 18.8 Å². The van der Waals surface area contributed by atoms with Crippen molar-refractivity contribution in [3.8, 4) is 0 Å². The van der Waals surface area contributed by atoms with Crippen molar-refractivity contribution in [1.29, 1.82) is 0 Å². The molecule has 0 fully saturated rings. The molecule has 4 rings (SSSR count). The van der Waals surface area contributed by atoms with Crippen LogP contribution in [0.4, 0.5) is 0 Å². The maximum Gasteiger partial charge on any atom is 0.0632 e. The van der Waals surface area contributed by atoms with Gasteiger partial charge in [-0.25, -0.2) is 0 Å². The van der Waals surface area contributed by atoms with Crippen LogP contribution >= 0.6 is 34.0 Å². The Kier molecular flexibility index (Phi) is 6.20. The largest absolute Gasteiger partial charge is 0.138 e. The van der Waals surface area contributed by atoms with Crippen molar-refractivity contribution in [2.24, 2.45) is 0 Å². The zero-order valence-corrected chi connectivity index (χ0v) is 20.9. The van der Waals surface area contributed by atoms with E-state index >= 15 is 0 Å². The van der Waals surface area contributed by atoms with E-state index in [1.807, 2.05) is 34.0 Å². The topological polar surface area (TPSA) is 0 Å². The number of benzene rings is 1. The third kappa shape index (κ3) is 4.33. The highest BCUT2D eigenvalue weighted by molar-refractivity contribution is 7.38. The van der Waals surface area contributed by atoms with E-state index in [1.165, 1.54) is 47.6 Å². The molecule has 0 amide bonds. The standard InChI is InChI=1S/C26H32S3/c1-15(2)19-9-11-20(12-10-19)17(5)7-8-18(6)22-14-24-26(29-22)25-23(27-24)13-21(28-25)16(3)4/h9-18H,7-8H2,1-6H3. The second kappa shape index (κ2) is 8.53. The first-order valence-corrected chi connectivity index (χ1v) is 13.3. The van der Waals surface area contributed by atoms with Gasteiger partial charge in [0.05, 0.1) is 9.40 Å². The Bertz CT molecular complexity index is 1090. The first kappa shape index (κ1) is 21.1. The van der Waals surface area contributed by atoms with Crippen molar-refractivity contribution >= 4 is 52.8 Å². The molecular formula is C26H32S3. The number of hydrogen-bond acceptors (Lipinski definition) is 3. The van der Waals surface area contributed by atoms with Gasteiger partial charge < -0.3 is 0 Å². The van der Waals surface area contributed by atoms with Crippen LogP contribution in [-0.2, 0) is 0 Å². The van der Waals surface area contributed by atoms with Crippen LogP contribution < -0.4 is 0 Å². The Morgan fingerprint density at radius 1 is 0.586 bits per heavy atom. The fourth-order valence-electron chi connectivity index (χ4n) is 3.92. The van der Waals surface area contributed by atoms with Crippen molar-refractivity contribution in [3.05, 3.63) is 57.3 Å². The summed E-state index contributed by atoms with van der Waals surface area (Å²) in [4.78, 5) is 3.09. The molecule has 2 unspecified atom stereocenters. The Labute approximate surface area is 187 Å². The molecule has 0 aliphatic rings. The summed E-state index contributed by atoms with van der Waals surface area (Å²) < 4.78 is 6.03. The molecule has 0 aliphatic heterocycles. The zero-order valence-electron chi connectivity index (χ0n) is 18.4. The van der Waals surface area contributed by atoms with Gasteiger partial charge in [-0.2, -0.15) is 0 Å². The van der Waals surface area contributed by atoms with Gasteiger partial charge in [0.25, 0.3) is 0 Å². The van der Waals surface area contributed by atoms with Crippen LogP contribution in [-0.4, -0.2) is 0 Å². The van der Waals surface area contributed by atoms with E-state index in [0.29, 0.717) is 23.7 Å². The SMILES string of the molecule is CC(C)c1ccc(C(C)CCC(C)c2cc3sc4cc(C(C)C)sc4c3s2)cc1. The minimum Gasteiger partial charge on any atom is -0.138 e. The van der Waals surface area contributed by atoms with Gasteiger partial charge in [0.15, 0.2) is 0 Å². The first-order chi connectivity index (χ1) is 13.8. The quantitative estimate of drug-likeness (QED) is 0.268. The van der Waals surface area contributed by atoms with Crippen molar-refractivity contribution in [2.45, 2.75) is 78.1 Å². The van der Waals surface area contributed by atoms with Crippen LogP contribution in [0.5, 0.6) is 0 Å². The Balaban J connectivity index is 1.44. The van der Waals surface area contributed by atoms with Gasteiger partial charge in [0.1, 0.15) is 0 Å². The van der Waals surface area contributed by atoms with Crippen LogP contribution in [0.1, 0.15) is 98.9 Å². The third-order valence-corrected chi connectivity index (χ3v) is 10.4. The number of thiophene rings is 3. The molecule has 0 nitrogen and oxygen atoms in total. The second-order valence-electron chi connectivity index (χ2n) is 9.14. The van der Waals surface area contributed by atoms with Gasteiger partial charge in [-0.05, 0) is 59.8 Å². The summed E-state index contributed by atoms with van der Waals surface area (Å²) >= 11 is 6.03. The Hall–Kier alpha value is -1.16. The maximum absolute atomic E-state index is 2.47. The molecule has 4 aromatic rings. The van der Waals surface area contributed by atoms with Crippen LogP contribution in [0.2, 0.25) is 0 Å². The molecule has 0 saturated heterocycles. The predicted molar refractivity (Wildman–Crippen MR) is 136 cm³/mol. The summed E-state index contributed by atoms with van der Waals surface area (Å²) in [5.41, 5.74) is 2.92. The Morgan fingerprint density at radius 3 is 1.69 bits per heavy atom. The van der Waals surface area contributed by atoms with Gasteiger partial charge >= 0.3 is 0 Å². The van der Waals surface area contributed by atoms with E-state index in [4.69, 9.17) is 0 Å². The molecule has 0 bridgehead atoms. The lowest BCUT2D eigenvalue weighted by Crippen LogP contribution is -1.98. The average molecular weight is 441 g/mol. The summed E-state index contributed by atoms with van der Waals surface area (Å²) in [5, 5.41) is 0. The minimum atomic E-state index is 0.610. The molecule has 0 radical (unpaired) electrons. The lowest BCUT2D eigenvalue weighted by atomic mass is 9.90. The van der Waals surface area contributed by atoms with E-state index in [2.05, 4.69) is 77.9 Å². The normalized spacial score (nSPS) is 14.5. The van der Waals surface area contributed by atoms with Crippen LogP contribution in [0.3, 0.4) is 0 Å². The van der Waals surface area contributed by atoms with Crippen molar-refractivity contribution in [3.63, 3.8) is 0 Å². The van der Waals surface area contributed by atoms with E-state index in [0.717, 1.165) is 0 Å². The van der Waals surface area contributed by atoms with Crippen molar-refractivity contribution in [2.75, 3.05) is 0 Å². The highest BCUT2D eigenvalue weighted by atomic mass is 32.1. The number of rotatable bonds is 7. The molecule has 29 heavy (non-hydrogen) atoms. The summed E-state index contributed by atoms with van der Waals surface area (Å²) in [7, 11) is 0. The maximum atomic E-state index is 2.47.